The largest absolute Gasteiger partial charge is 0.308 e. The molecule has 2 heterocycles. The predicted octanol–water partition coefficient (Wildman–Crippen LogP) is 1.31. The standard InChI is InChI=1S/C12H15N5/c1-2-10-7-12(17-13)16-11(15-10)6-9-4-3-5-14-8-9/h3-5,7-8H,2,6,13H2,1H3,(H,15,16,17). The van der Waals surface area contributed by atoms with Crippen LogP contribution in [0.15, 0.2) is 30.6 Å². The van der Waals surface area contributed by atoms with Gasteiger partial charge in [0, 0.05) is 30.6 Å². The first-order chi connectivity index (χ1) is 8.31. The van der Waals surface area contributed by atoms with Gasteiger partial charge in [0.05, 0.1) is 0 Å². The summed E-state index contributed by atoms with van der Waals surface area (Å²) in [5, 5.41) is 0. The Balaban J connectivity index is 2.26. The number of aromatic nitrogens is 3. The third kappa shape index (κ3) is 2.98. The van der Waals surface area contributed by atoms with Crippen LogP contribution in [0.3, 0.4) is 0 Å². The van der Waals surface area contributed by atoms with E-state index in [4.69, 9.17) is 5.84 Å². The second-order valence-corrected chi connectivity index (χ2v) is 3.70. The van der Waals surface area contributed by atoms with E-state index in [1.807, 2.05) is 24.4 Å². The lowest BCUT2D eigenvalue weighted by atomic mass is 10.2. The van der Waals surface area contributed by atoms with Gasteiger partial charge in [0.15, 0.2) is 0 Å². The van der Waals surface area contributed by atoms with Crippen molar-refractivity contribution >= 4 is 5.82 Å². The van der Waals surface area contributed by atoms with E-state index in [9.17, 15) is 0 Å². The molecule has 0 aliphatic rings. The topological polar surface area (TPSA) is 76.7 Å². The summed E-state index contributed by atoms with van der Waals surface area (Å²) < 4.78 is 0. The Labute approximate surface area is 100 Å². The molecule has 2 aromatic rings. The Morgan fingerprint density at radius 2 is 2.24 bits per heavy atom. The predicted molar refractivity (Wildman–Crippen MR) is 66.3 cm³/mol. The van der Waals surface area contributed by atoms with E-state index in [0.29, 0.717) is 12.2 Å². The number of anilines is 1. The summed E-state index contributed by atoms with van der Waals surface area (Å²) in [7, 11) is 0. The van der Waals surface area contributed by atoms with E-state index in [-0.39, 0.29) is 0 Å². The minimum atomic E-state index is 0.649. The average molecular weight is 229 g/mol. The highest BCUT2D eigenvalue weighted by molar-refractivity contribution is 5.35. The van der Waals surface area contributed by atoms with Gasteiger partial charge < -0.3 is 5.43 Å². The molecule has 17 heavy (non-hydrogen) atoms. The highest BCUT2D eigenvalue weighted by Crippen LogP contribution is 2.09. The van der Waals surface area contributed by atoms with Crippen molar-refractivity contribution < 1.29 is 0 Å². The van der Waals surface area contributed by atoms with Gasteiger partial charge in [-0.2, -0.15) is 0 Å². The highest BCUT2D eigenvalue weighted by Gasteiger charge is 2.04. The van der Waals surface area contributed by atoms with Gasteiger partial charge in [0.2, 0.25) is 0 Å². The van der Waals surface area contributed by atoms with Crippen molar-refractivity contribution in [2.24, 2.45) is 5.84 Å². The van der Waals surface area contributed by atoms with Gasteiger partial charge in [0.25, 0.3) is 0 Å². The van der Waals surface area contributed by atoms with Gasteiger partial charge in [-0.1, -0.05) is 13.0 Å². The lowest BCUT2D eigenvalue weighted by Gasteiger charge is -2.06. The maximum absolute atomic E-state index is 5.38. The van der Waals surface area contributed by atoms with Crippen molar-refractivity contribution in [2.45, 2.75) is 19.8 Å². The molecule has 2 aromatic heterocycles. The third-order valence-electron chi connectivity index (χ3n) is 2.42. The van der Waals surface area contributed by atoms with Crippen LogP contribution in [0.1, 0.15) is 24.0 Å². The molecule has 3 N–H and O–H groups in total. The zero-order valence-electron chi connectivity index (χ0n) is 9.72. The number of nitrogens with one attached hydrogen (secondary N) is 1. The van der Waals surface area contributed by atoms with E-state index < -0.39 is 0 Å². The second kappa shape index (κ2) is 5.36. The molecule has 0 amide bonds. The van der Waals surface area contributed by atoms with Crippen molar-refractivity contribution in [1.82, 2.24) is 15.0 Å². The molecule has 0 aliphatic heterocycles. The van der Waals surface area contributed by atoms with E-state index >= 15 is 0 Å². The Morgan fingerprint density at radius 1 is 1.35 bits per heavy atom. The second-order valence-electron chi connectivity index (χ2n) is 3.70. The number of nitrogens with two attached hydrogens (primary N) is 1. The lowest BCUT2D eigenvalue weighted by Crippen LogP contribution is -2.11. The van der Waals surface area contributed by atoms with Crippen LogP contribution in [0.4, 0.5) is 5.82 Å². The van der Waals surface area contributed by atoms with Gasteiger partial charge in [-0.05, 0) is 18.1 Å². The molecule has 0 bridgehead atoms. The van der Waals surface area contributed by atoms with Crippen molar-refractivity contribution in [1.29, 1.82) is 0 Å². The molecule has 0 spiro atoms. The summed E-state index contributed by atoms with van der Waals surface area (Å²) in [5.41, 5.74) is 4.63. The summed E-state index contributed by atoms with van der Waals surface area (Å²) in [6, 6.07) is 5.76. The molecule has 5 heteroatoms. The number of rotatable bonds is 4. The zero-order valence-corrected chi connectivity index (χ0v) is 9.72. The van der Waals surface area contributed by atoms with Gasteiger partial charge in [-0.15, -0.1) is 0 Å². The molecular formula is C12H15N5. The van der Waals surface area contributed by atoms with E-state index in [0.717, 1.165) is 23.5 Å². The normalized spacial score (nSPS) is 10.2. The Kier molecular flexibility index (Phi) is 3.62. The number of hydrogen-bond acceptors (Lipinski definition) is 5. The lowest BCUT2D eigenvalue weighted by molar-refractivity contribution is 0.902. The van der Waals surface area contributed by atoms with Gasteiger partial charge >= 0.3 is 0 Å². The molecule has 0 unspecified atom stereocenters. The quantitative estimate of drug-likeness (QED) is 0.610. The minimum Gasteiger partial charge on any atom is -0.308 e. The fourth-order valence-corrected chi connectivity index (χ4v) is 1.57. The SMILES string of the molecule is CCc1cc(NN)nc(Cc2cccnc2)n1. The van der Waals surface area contributed by atoms with E-state index in [1.54, 1.807) is 6.20 Å². The minimum absolute atomic E-state index is 0.649. The smallest absolute Gasteiger partial charge is 0.143 e. The molecule has 0 atom stereocenters. The van der Waals surface area contributed by atoms with E-state index in [1.165, 1.54) is 0 Å². The molecule has 0 saturated heterocycles. The van der Waals surface area contributed by atoms with E-state index in [2.05, 4.69) is 27.3 Å². The van der Waals surface area contributed by atoms with Gasteiger partial charge in [-0.3, -0.25) is 4.98 Å². The number of pyridine rings is 1. The number of hydrogen-bond donors (Lipinski definition) is 2. The Bertz CT molecular complexity index is 461. The van der Waals surface area contributed by atoms with Gasteiger partial charge in [0.1, 0.15) is 11.6 Å². The van der Waals surface area contributed by atoms with Crippen LogP contribution in [-0.4, -0.2) is 15.0 Å². The molecule has 88 valence electrons. The van der Waals surface area contributed by atoms with Crippen LogP contribution in [0.5, 0.6) is 0 Å². The number of aryl methyl sites for hydroxylation is 1. The van der Waals surface area contributed by atoms with Crippen molar-refractivity contribution in [2.75, 3.05) is 5.43 Å². The summed E-state index contributed by atoms with van der Waals surface area (Å²) >= 11 is 0. The number of hydrazine groups is 1. The van der Waals surface area contributed by atoms with Crippen molar-refractivity contribution in [3.63, 3.8) is 0 Å². The molecular weight excluding hydrogens is 214 g/mol. The highest BCUT2D eigenvalue weighted by atomic mass is 15.3. The first-order valence-electron chi connectivity index (χ1n) is 5.54. The van der Waals surface area contributed by atoms with Crippen LogP contribution in [0, 0.1) is 0 Å². The molecule has 0 radical (unpaired) electrons. The molecule has 0 saturated carbocycles. The van der Waals surface area contributed by atoms with Crippen LogP contribution in [0.25, 0.3) is 0 Å². The van der Waals surface area contributed by atoms with Crippen molar-refractivity contribution in [3.8, 4) is 0 Å². The maximum Gasteiger partial charge on any atom is 0.143 e. The van der Waals surface area contributed by atoms with Crippen LogP contribution in [-0.2, 0) is 12.8 Å². The average Bonchev–Trinajstić information content (AvgIpc) is 2.39. The first-order valence-corrected chi connectivity index (χ1v) is 5.54. The van der Waals surface area contributed by atoms with Crippen LogP contribution >= 0.6 is 0 Å². The first kappa shape index (κ1) is 11.5. The third-order valence-corrected chi connectivity index (χ3v) is 2.42. The molecule has 2 rings (SSSR count). The molecule has 5 nitrogen and oxygen atoms in total. The number of nitrogen functional groups attached to an aromatic ring is 1. The summed E-state index contributed by atoms with van der Waals surface area (Å²) in [6.07, 6.45) is 5.09. The molecule has 0 aliphatic carbocycles. The fraction of sp³-hybridized carbons (Fsp3) is 0.250. The molecule has 0 fully saturated rings. The van der Waals surface area contributed by atoms with Gasteiger partial charge in [-0.25, -0.2) is 15.8 Å². The maximum atomic E-state index is 5.38. The molecule has 0 aromatic carbocycles. The van der Waals surface area contributed by atoms with Crippen LogP contribution < -0.4 is 11.3 Å². The Morgan fingerprint density at radius 3 is 2.88 bits per heavy atom. The summed E-state index contributed by atoms with van der Waals surface area (Å²) in [4.78, 5) is 12.9. The zero-order chi connectivity index (χ0) is 12.1. The Hall–Kier alpha value is -2.01. The monoisotopic (exact) mass is 229 g/mol. The fourth-order valence-electron chi connectivity index (χ4n) is 1.57. The summed E-state index contributed by atoms with van der Waals surface area (Å²) in [6.45, 7) is 2.05. The van der Waals surface area contributed by atoms with Crippen LogP contribution in [0.2, 0.25) is 0 Å². The summed E-state index contributed by atoms with van der Waals surface area (Å²) in [5.74, 6) is 6.79. The number of nitrogens with zero attached hydrogens (tertiary/aromatic N) is 3. The van der Waals surface area contributed by atoms with Crippen molar-refractivity contribution in [3.05, 3.63) is 47.7 Å².